The smallest absolute Gasteiger partial charge is 0.261 e. The summed E-state index contributed by atoms with van der Waals surface area (Å²) in [6, 6.07) is 17.0. The van der Waals surface area contributed by atoms with Gasteiger partial charge in [0.2, 0.25) is 5.91 Å². The number of ether oxygens (including phenoxy) is 2. The topological polar surface area (TPSA) is 81.0 Å². The minimum absolute atomic E-state index is 0.226. The maximum absolute atomic E-state index is 13.1. The molecule has 0 unspecified atom stereocenters. The first-order chi connectivity index (χ1) is 15.5. The summed E-state index contributed by atoms with van der Waals surface area (Å²) in [6.07, 6.45) is 1.54. The van der Waals surface area contributed by atoms with E-state index in [1.165, 1.54) is 11.2 Å². The third kappa shape index (κ3) is 6.28. The van der Waals surface area contributed by atoms with Crippen molar-refractivity contribution in [2.75, 3.05) is 13.7 Å². The zero-order chi connectivity index (χ0) is 22.9. The lowest BCUT2D eigenvalue weighted by atomic mass is 10.1. The second-order valence-electron chi connectivity index (χ2n) is 7.06. The zero-order valence-corrected chi connectivity index (χ0v) is 18.7. The van der Waals surface area contributed by atoms with Crippen LogP contribution >= 0.6 is 11.6 Å². The van der Waals surface area contributed by atoms with E-state index in [2.05, 4.69) is 5.32 Å². The molecule has 0 aliphatic carbocycles. The predicted octanol–water partition coefficient (Wildman–Crippen LogP) is 4.05. The SMILES string of the molecule is COc1ccc(CN(C(=O)COc2ccccc2Cl)[C@@H](C)C(=O)NCc2ccco2)cc1. The van der Waals surface area contributed by atoms with Gasteiger partial charge >= 0.3 is 0 Å². The number of nitrogens with zero attached hydrogens (tertiary/aromatic N) is 1. The van der Waals surface area contributed by atoms with Gasteiger partial charge in [0.25, 0.3) is 5.91 Å². The van der Waals surface area contributed by atoms with Crippen molar-refractivity contribution in [3.05, 3.63) is 83.3 Å². The van der Waals surface area contributed by atoms with Crippen molar-refractivity contribution < 1.29 is 23.5 Å². The average molecular weight is 457 g/mol. The second kappa shape index (κ2) is 11.2. The van der Waals surface area contributed by atoms with E-state index in [1.807, 2.05) is 12.1 Å². The Labute approximate surface area is 191 Å². The van der Waals surface area contributed by atoms with E-state index in [1.54, 1.807) is 62.6 Å². The normalized spacial score (nSPS) is 11.5. The minimum Gasteiger partial charge on any atom is -0.497 e. The number of furan rings is 1. The van der Waals surface area contributed by atoms with Gasteiger partial charge in [-0.15, -0.1) is 0 Å². The maximum Gasteiger partial charge on any atom is 0.261 e. The highest BCUT2D eigenvalue weighted by Crippen LogP contribution is 2.23. The van der Waals surface area contributed by atoms with Crippen LogP contribution in [0.3, 0.4) is 0 Å². The van der Waals surface area contributed by atoms with Gasteiger partial charge < -0.3 is 24.1 Å². The molecule has 0 aliphatic heterocycles. The first kappa shape index (κ1) is 23.2. The van der Waals surface area contributed by atoms with E-state index in [-0.39, 0.29) is 31.5 Å². The van der Waals surface area contributed by atoms with Gasteiger partial charge in [-0.1, -0.05) is 35.9 Å². The molecule has 0 spiro atoms. The Balaban J connectivity index is 1.71. The molecular formula is C24H25ClN2O5. The first-order valence-corrected chi connectivity index (χ1v) is 10.5. The standard InChI is InChI=1S/C24H25ClN2O5/c1-17(24(29)26-14-20-6-5-13-31-20)27(15-18-9-11-19(30-2)12-10-18)23(28)16-32-22-8-4-3-7-21(22)25/h3-13,17H,14-16H2,1-2H3,(H,26,29)/t17-/m0/s1. The van der Waals surface area contributed by atoms with Crippen LogP contribution in [0.4, 0.5) is 0 Å². The fraction of sp³-hybridized carbons (Fsp3) is 0.250. The lowest BCUT2D eigenvalue weighted by molar-refractivity contribution is -0.142. The number of carbonyl (C=O) groups is 2. The van der Waals surface area contributed by atoms with E-state index in [4.69, 9.17) is 25.5 Å². The lowest BCUT2D eigenvalue weighted by Gasteiger charge is -2.28. The molecule has 2 amide bonds. The molecule has 3 aromatic rings. The summed E-state index contributed by atoms with van der Waals surface area (Å²) in [4.78, 5) is 27.3. The van der Waals surface area contributed by atoms with Crippen molar-refractivity contribution in [3.63, 3.8) is 0 Å². The quantitative estimate of drug-likeness (QED) is 0.497. The number of nitrogens with one attached hydrogen (secondary N) is 1. The third-order valence-electron chi connectivity index (χ3n) is 4.88. The molecule has 3 rings (SSSR count). The summed E-state index contributed by atoms with van der Waals surface area (Å²) >= 11 is 6.11. The molecule has 0 radical (unpaired) electrons. The zero-order valence-electron chi connectivity index (χ0n) is 17.9. The van der Waals surface area contributed by atoms with Crippen molar-refractivity contribution in [1.82, 2.24) is 10.2 Å². The lowest BCUT2D eigenvalue weighted by Crippen LogP contribution is -2.48. The van der Waals surface area contributed by atoms with E-state index in [9.17, 15) is 9.59 Å². The van der Waals surface area contributed by atoms with Crippen LogP contribution in [0, 0.1) is 0 Å². The number of methoxy groups -OCH3 is 1. The van der Waals surface area contributed by atoms with Gasteiger partial charge in [-0.25, -0.2) is 0 Å². The number of carbonyl (C=O) groups excluding carboxylic acids is 2. The Morgan fingerprint density at radius 1 is 1.09 bits per heavy atom. The number of para-hydroxylation sites is 1. The van der Waals surface area contributed by atoms with Crippen LogP contribution in [-0.2, 0) is 22.7 Å². The molecule has 1 aromatic heterocycles. The Bertz CT molecular complexity index is 1020. The number of amides is 2. The second-order valence-corrected chi connectivity index (χ2v) is 7.47. The van der Waals surface area contributed by atoms with Gasteiger partial charge in [0, 0.05) is 6.54 Å². The summed E-state index contributed by atoms with van der Waals surface area (Å²) in [5, 5.41) is 3.21. The Hall–Kier alpha value is -3.45. The molecule has 1 heterocycles. The van der Waals surface area contributed by atoms with Crippen LogP contribution < -0.4 is 14.8 Å². The summed E-state index contributed by atoms with van der Waals surface area (Å²) in [5.74, 6) is 1.09. The largest absolute Gasteiger partial charge is 0.497 e. The molecule has 168 valence electrons. The predicted molar refractivity (Wildman–Crippen MR) is 121 cm³/mol. The Morgan fingerprint density at radius 3 is 2.50 bits per heavy atom. The van der Waals surface area contributed by atoms with Crippen molar-refractivity contribution in [2.24, 2.45) is 0 Å². The number of hydrogen-bond acceptors (Lipinski definition) is 5. The molecule has 8 heteroatoms. The molecule has 0 saturated heterocycles. The van der Waals surface area contributed by atoms with Gasteiger partial charge in [0.1, 0.15) is 23.3 Å². The van der Waals surface area contributed by atoms with Crippen LogP contribution in [0.15, 0.2) is 71.3 Å². The summed E-state index contributed by atoms with van der Waals surface area (Å²) in [7, 11) is 1.59. The summed E-state index contributed by atoms with van der Waals surface area (Å²) in [5.41, 5.74) is 0.850. The molecule has 32 heavy (non-hydrogen) atoms. The molecular weight excluding hydrogens is 432 g/mol. The molecule has 0 fully saturated rings. The van der Waals surface area contributed by atoms with Gasteiger partial charge in [-0.2, -0.15) is 0 Å². The summed E-state index contributed by atoms with van der Waals surface area (Å²) in [6.45, 7) is 1.88. The van der Waals surface area contributed by atoms with E-state index in [0.717, 1.165) is 5.56 Å². The van der Waals surface area contributed by atoms with Crippen LogP contribution in [0.1, 0.15) is 18.2 Å². The van der Waals surface area contributed by atoms with E-state index >= 15 is 0 Å². The highest BCUT2D eigenvalue weighted by Gasteiger charge is 2.26. The summed E-state index contributed by atoms with van der Waals surface area (Å²) < 4.78 is 16.0. The molecule has 2 aromatic carbocycles. The Morgan fingerprint density at radius 2 is 1.84 bits per heavy atom. The van der Waals surface area contributed by atoms with Crippen molar-refractivity contribution >= 4 is 23.4 Å². The highest BCUT2D eigenvalue weighted by atomic mass is 35.5. The maximum atomic E-state index is 13.1. The van der Waals surface area contributed by atoms with E-state index in [0.29, 0.717) is 22.3 Å². The number of rotatable bonds is 10. The van der Waals surface area contributed by atoms with E-state index < -0.39 is 6.04 Å². The number of hydrogen-bond donors (Lipinski definition) is 1. The van der Waals surface area contributed by atoms with Crippen LogP contribution in [0.25, 0.3) is 0 Å². The Kier molecular flexibility index (Phi) is 8.16. The molecule has 0 bridgehead atoms. The van der Waals surface area contributed by atoms with Gasteiger partial charge in [-0.3, -0.25) is 9.59 Å². The van der Waals surface area contributed by atoms with Crippen LogP contribution in [0.2, 0.25) is 5.02 Å². The highest BCUT2D eigenvalue weighted by molar-refractivity contribution is 6.32. The monoisotopic (exact) mass is 456 g/mol. The molecule has 0 aliphatic rings. The number of benzene rings is 2. The molecule has 1 atom stereocenters. The van der Waals surface area contributed by atoms with Crippen LogP contribution in [0.5, 0.6) is 11.5 Å². The van der Waals surface area contributed by atoms with Crippen molar-refractivity contribution in [3.8, 4) is 11.5 Å². The third-order valence-corrected chi connectivity index (χ3v) is 5.20. The van der Waals surface area contributed by atoms with Gasteiger partial charge in [-0.05, 0) is 48.9 Å². The van der Waals surface area contributed by atoms with Gasteiger partial charge in [0.15, 0.2) is 6.61 Å². The fourth-order valence-corrected chi connectivity index (χ4v) is 3.22. The first-order valence-electron chi connectivity index (χ1n) is 10.1. The fourth-order valence-electron chi connectivity index (χ4n) is 3.03. The van der Waals surface area contributed by atoms with Gasteiger partial charge in [0.05, 0.1) is 24.9 Å². The molecule has 1 N–H and O–H groups in total. The van der Waals surface area contributed by atoms with Crippen molar-refractivity contribution in [1.29, 1.82) is 0 Å². The molecule has 0 saturated carbocycles. The number of halogens is 1. The van der Waals surface area contributed by atoms with Crippen LogP contribution in [-0.4, -0.2) is 36.5 Å². The minimum atomic E-state index is -0.741. The average Bonchev–Trinajstić information content (AvgIpc) is 3.34. The van der Waals surface area contributed by atoms with Crippen molar-refractivity contribution in [2.45, 2.75) is 26.1 Å². The molecule has 7 nitrogen and oxygen atoms in total.